The number of hydrogen-bond donors (Lipinski definition) is 2. The highest BCUT2D eigenvalue weighted by Crippen LogP contribution is 2.48. The van der Waals surface area contributed by atoms with Crippen LogP contribution in [0.5, 0.6) is 0 Å². The van der Waals surface area contributed by atoms with Crippen molar-refractivity contribution in [2.75, 3.05) is 20.1 Å². The fourth-order valence-corrected chi connectivity index (χ4v) is 3.39. The number of aryl methyl sites for hydroxylation is 3. The van der Waals surface area contributed by atoms with Gasteiger partial charge in [-0.3, -0.25) is 9.67 Å². The molecule has 2 N–H and O–H groups in total. The summed E-state index contributed by atoms with van der Waals surface area (Å²) >= 11 is 0. The quantitative estimate of drug-likeness (QED) is 0.455. The number of aliphatic imine (C=N–C) groups is 1. The molecular formula is C20H28FN5. The molecular weight excluding hydrogens is 329 g/mol. The van der Waals surface area contributed by atoms with E-state index in [-0.39, 0.29) is 11.2 Å². The van der Waals surface area contributed by atoms with Crippen molar-refractivity contribution in [1.29, 1.82) is 0 Å². The molecule has 1 aliphatic carbocycles. The Kier molecular flexibility index (Phi) is 5.59. The molecule has 0 bridgehead atoms. The van der Waals surface area contributed by atoms with Crippen LogP contribution in [0.3, 0.4) is 0 Å². The molecule has 1 saturated carbocycles. The summed E-state index contributed by atoms with van der Waals surface area (Å²) in [5.74, 6) is 0.653. The Labute approximate surface area is 154 Å². The molecule has 1 aromatic carbocycles. The zero-order chi connectivity index (χ0) is 18.6. The minimum absolute atomic E-state index is 0.0906. The Hall–Kier alpha value is -2.37. The van der Waals surface area contributed by atoms with Gasteiger partial charge < -0.3 is 10.6 Å². The minimum Gasteiger partial charge on any atom is -0.356 e. The van der Waals surface area contributed by atoms with Crippen molar-refractivity contribution in [1.82, 2.24) is 20.4 Å². The summed E-state index contributed by atoms with van der Waals surface area (Å²) in [6, 6.07) is 9.18. The Morgan fingerprint density at radius 1 is 1.27 bits per heavy atom. The lowest BCUT2D eigenvalue weighted by atomic mass is 9.95. The fraction of sp³-hybridized carbons (Fsp3) is 0.500. The second-order valence-electron chi connectivity index (χ2n) is 7.12. The van der Waals surface area contributed by atoms with Crippen LogP contribution in [-0.4, -0.2) is 35.9 Å². The number of hydrogen-bond acceptors (Lipinski definition) is 2. The molecule has 0 atom stereocenters. The zero-order valence-electron chi connectivity index (χ0n) is 15.8. The SMILES string of the molecule is CN=C(NCCCn1nc(C)cc1C)NCC1(c2ccccc2F)CC1. The summed E-state index contributed by atoms with van der Waals surface area (Å²) in [5, 5.41) is 11.2. The molecule has 0 aliphatic heterocycles. The van der Waals surface area contributed by atoms with Gasteiger partial charge in [-0.2, -0.15) is 5.10 Å². The van der Waals surface area contributed by atoms with Crippen LogP contribution in [0.1, 0.15) is 36.2 Å². The van der Waals surface area contributed by atoms with Crippen LogP contribution in [0.2, 0.25) is 0 Å². The van der Waals surface area contributed by atoms with Gasteiger partial charge in [0.25, 0.3) is 0 Å². The highest BCUT2D eigenvalue weighted by molar-refractivity contribution is 5.79. The second kappa shape index (κ2) is 7.89. The summed E-state index contributed by atoms with van der Waals surface area (Å²) in [6.07, 6.45) is 2.98. The van der Waals surface area contributed by atoms with Gasteiger partial charge in [0.1, 0.15) is 5.82 Å². The van der Waals surface area contributed by atoms with Crippen LogP contribution in [0.25, 0.3) is 0 Å². The molecule has 0 amide bonds. The lowest BCUT2D eigenvalue weighted by Gasteiger charge is -2.19. The molecule has 0 unspecified atom stereocenters. The van der Waals surface area contributed by atoms with Crippen molar-refractivity contribution < 1.29 is 4.39 Å². The molecule has 0 radical (unpaired) electrons. The third-order valence-electron chi connectivity index (χ3n) is 5.06. The Balaban J connectivity index is 1.45. The molecule has 1 heterocycles. The average molecular weight is 357 g/mol. The van der Waals surface area contributed by atoms with Crippen molar-refractivity contribution >= 4 is 5.96 Å². The van der Waals surface area contributed by atoms with Crippen molar-refractivity contribution in [2.45, 2.75) is 45.1 Å². The second-order valence-corrected chi connectivity index (χ2v) is 7.12. The van der Waals surface area contributed by atoms with E-state index in [9.17, 15) is 4.39 Å². The van der Waals surface area contributed by atoms with Crippen molar-refractivity contribution in [3.8, 4) is 0 Å². The molecule has 1 fully saturated rings. The van der Waals surface area contributed by atoms with E-state index in [1.165, 1.54) is 5.69 Å². The maximum absolute atomic E-state index is 14.1. The number of aromatic nitrogens is 2. The standard InChI is InChI=1S/C20H28FN5/c1-15-13-16(2)26(25-15)12-6-11-23-19(22-3)24-14-20(9-10-20)17-7-4-5-8-18(17)21/h4-5,7-8,13H,6,9-12,14H2,1-3H3,(H2,22,23,24). The number of nitrogens with one attached hydrogen (secondary N) is 2. The summed E-state index contributed by atoms with van der Waals surface area (Å²) in [5.41, 5.74) is 2.96. The van der Waals surface area contributed by atoms with Gasteiger partial charge in [-0.15, -0.1) is 0 Å². The van der Waals surface area contributed by atoms with E-state index < -0.39 is 0 Å². The summed E-state index contributed by atoms with van der Waals surface area (Å²) < 4.78 is 16.1. The maximum Gasteiger partial charge on any atom is 0.191 e. The van der Waals surface area contributed by atoms with Crippen molar-refractivity contribution in [2.24, 2.45) is 4.99 Å². The number of benzene rings is 1. The summed E-state index contributed by atoms with van der Waals surface area (Å²) in [6.45, 7) is 6.47. The lowest BCUT2D eigenvalue weighted by Crippen LogP contribution is -2.41. The number of rotatable bonds is 7. The zero-order valence-corrected chi connectivity index (χ0v) is 15.8. The number of halogens is 1. The first-order chi connectivity index (χ1) is 12.5. The number of guanidine groups is 1. The van der Waals surface area contributed by atoms with Crippen molar-refractivity contribution in [3.63, 3.8) is 0 Å². The predicted molar refractivity (Wildman–Crippen MR) is 103 cm³/mol. The van der Waals surface area contributed by atoms with E-state index in [4.69, 9.17) is 0 Å². The van der Waals surface area contributed by atoms with E-state index in [0.717, 1.165) is 49.6 Å². The third-order valence-corrected chi connectivity index (χ3v) is 5.06. The first-order valence-corrected chi connectivity index (χ1v) is 9.25. The summed E-state index contributed by atoms with van der Waals surface area (Å²) in [4.78, 5) is 4.28. The fourth-order valence-electron chi connectivity index (χ4n) is 3.39. The minimum atomic E-state index is -0.111. The number of nitrogens with zero attached hydrogens (tertiary/aromatic N) is 3. The topological polar surface area (TPSA) is 54.2 Å². The molecule has 1 aromatic heterocycles. The Bertz CT molecular complexity index is 776. The molecule has 2 aromatic rings. The van der Waals surface area contributed by atoms with E-state index in [2.05, 4.69) is 33.7 Å². The first kappa shape index (κ1) is 18.4. The largest absolute Gasteiger partial charge is 0.356 e. The van der Waals surface area contributed by atoms with Gasteiger partial charge in [-0.1, -0.05) is 18.2 Å². The molecule has 140 valence electrons. The van der Waals surface area contributed by atoms with Gasteiger partial charge in [0.05, 0.1) is 5.69 Å². The van der Waals surface area contributed by atoms with Gasteiger partial charge in [-0.05, 0) is 50.8 Å². The van der Waals surface area contributed by atoms with Gasteiger partial charge >= 0.3 is 0 Å². The van der Waals surface area contributed by atoms with Crippen LogP contribution < -0.4 is 10.6 Å². The summed E-state index contributed by atoms with van der Waals surface area (Å²) in [7, 11) is 1.76. The molecule has 1 aliphatic rings. The Morgan fingerprint density at radius 2 is 2.04 bits per heavy atom. The van der Waals surface area contributed by atoms with Crippen LogP contribution in [0.15, 0.2) is 35.3 Å². The first-order valence-electron chi connectivity index (χ1n) is 9.25. The predicted octanol–water partition coefficient (Wildman–Crippen LogP) is 2.93. The van der Waals surface area contributed by atoms with Gasteiger partial charge in [0.2, 0.25) is 0 Å². The van der Waals surface area contributed by atoms with Gasteiger partial charge in [0.15, 0.2) is 5.96 Å². The molecule has 0 saturated heterocycles. The monoisotopic (exact) mass is 357 g/mol. The van der Waals surface area contributed by atoms with E-state index in [1.807, 2.05) is 23.7 Å². The maximum atomic E-state index is 14.1. The van der Waals surface area contributed by atoms with Crippen LogP contribution in [0.4, 0.5) is 4.39 Å². The van der Waals surface area contributed by atoms with E-state index >= 15 is 0 Å². The van der Waals surface area contributed by atoms with Crippen LogP contribution in [-0.2, 0) is 12.0 Å². The van der Waals surface area contributed by atoms with E-state index in [1.54, 1.807) is 19.2 Å². The highest BCUT2D eigenvalue weighted by atomic mass is 19.1. The van der Waals surface area contributed by atoms with Gasteiger partial charge in [-0.25, -0.2) is 4.39 Å². The van der Waals surface area contributed by atoms with Gasteiger partial charge in [0, 0.05) is 37.8 Å². The average Bonchev–Trinajstić information content (AvgIpc) is 3.34. The highest BCUT2D eigenvalue weighted by Gasteiger charge is 2.45. The molecule has 5 nitrogen and oxygen atoms in total. The normalized spacial score (nSPS) is 15.8. The lowest BCUT2D eigenvalue weighted by molar-refractivity contribution is 0.547. The van der Waals surface area contributed by atoms with E-state index in [0.29, 0.717) is 6.54 Å². The van der Waals surface area contributed by atoms with Crippen LogP contribution >= 0.6 is 0 Å². The molecule has 6 heteroatoms. The smallest absolute Gasteiger partial charge is 0.191 e. The van der Waals surface area contributed by atoms with Crippen molar-refractivity contribution in [3.05, 3.63) is 53.1 Å². The third kappa shape index (κ3) is 4.23. The Morgan fingerprint density at radius 3 is 2.65 bits per heavy atom. The molecule has 3 rings (SSSR count). The van der Waals surface area contributed by atoms with Crippen LogP contribution in [0, 0.1) is 19.7 Å². The molecule has 0 spiro atoms. The molecule has 26 heavy (non-hydrogen) atoms.